The van der Waals surface area contributed by atoms with Crippen LogP contribution in [0.15, 0.2) is 67.0 Å². The number of nitrogen functional groups attached to an aromatic ring is 1. The lowest BCUT2D eigenvalue weighted by Crippen LogP contribution is -2.11. The molecule has 1 aromatic heterocycles. The van der Waals surface area contributed by atoms with E-state index in [-0.39, 0.29) is 0 Å². The maximum Gasteiger partial charge on any atom is 0.142 e. The standard InChI is InChI=1S/C16H15N3O/c17-16-8-6-14(7-9-16)15-10-18-19(11-15)20-12-13-4-2-1-3-5-13/h1-11H,12,17H2. The van der Waals surface area contributed by atoms with Crippen LogP contribution in [0.2, 0.25) is 0 Å². The average molecular weight is 265 g/mol. The molecule has 0 aliphatic heterocycles. The number of hydrogen-bond donors (Lipinski definition) is 1. The Bertz CT molecular complexity index is 674. The molecule has 100 valence electrons. The van der Waals surface area contributed by atoms with Gasteiger partial charge in [-0.3, -0.25) is 0 Å². The predicted octanol–water partition coefficient (Wildman–Crippen LogP) is 2.76. The van der Waals surface area contributed by atoms with Gasteiger partial charge in [-0.25, -0.2) is 0 Å². The number of rotatable bonds is 4. The summed E-state index contributed by atoms with van der Waals surface area (Å²) in [5.74, 6) is 0. The minimum absolute atomic E-state index is 0.490. The van der Waals surface area contributed by atoms with Crippen molar-refractivity contribution in [2.75, 3.05) is 5.73 Å². The van der Waals surface area contributed by atoms with Crippen LogP contribution in [0.3, 0.4) is 0 Å². The van der Waals surface area contributed by atoms with Crippen LogP contribution < -0.4 is 10.6 Å². The number of benzene rings is 2. The van der Waals surface area contributed by atoms with Crippen LogP contribution in [-0.4, -0.2) is 9.94 Å². The van der Waals surface area contributed by atoms with Gasteiger partial charge in [-0.2, -0.15) is 0 Å². The van der Waals surface area contributed by atoms with Crippen molar-refractivity contribution in [1.29, 1.82) is 0 Å². The van der Waals surface area contributed by atoms with Gasteiger partial charge in [-0.15, -0.1) is 9.94 Å². The molecule has 0 aliphatic rings. The minimum atomic E-state index is 0.490. The van der Waals surface area contributed by atoms with Gasteiger partial charge in [0.1, 0.15) is 6.61 Å². The van der Waals surface area contributed by atoms with Crippen molar-refractivity contribution in [3.05, 3.63) is 72.6 Å². The summed E-state index contributed by atoms with van der Waals surface area (Å²) >= 11 is 0. The van der Waals surface area contributed by atoms with Crippen LogP contribution >= 0.6 is 0 Å². The Morgan fingerprint density at radius 1 is 0.950 bits per heavy atom. The molecule has 4 nitrogen and oxygen atoms in total. The Morgan fingerprint density at radius 2 is 1.70 bits per heavy atom. The molecule has 0 amide bonds. The number of hydrogen-bond acceptors (Lipinski definition) is 3. The lowest BCUT2D eigenvalue weighted by molar-refractivity contribution is 0.0701. The molecule has 0 unspecified atom stereocenters. The van der Waals surface area contributed by atoms with E-state index >= 15 is 0 Å². The summed E-state index contributed by atoms with van der Waals surface area (Å²) in [5.41, 5.74) is 9.60. The zero-order valence-corrected chi connectivity index (χ0v) is 10.9. The first-order valence-corrected chi connectivity index (χ1v) is 6.39. The molecule has 1 heterocycles. The van der Waals surface area contributed by atoms with E-state index in [1.54, 1.807) is 6.20 Å². The van der Waals surface area contributed by atoms with Crippen molar-refractivity contribution in [3.8, 4) is 11.1 Å². The van der Waals surface area contributed by atoms with E-state index in [0.717, 1.165) is 22.4 Å². The summed E-state index contributed by atoms with van der Waals surface area (Å²) in [6, 6.07) is 17.7. The van der Waals surface area contributed by atoms with Crippen molar-refractivity contribution in [1.82, 2.24) is 9.94 Å². The van der Waals surface area contributed by atoms with Gasteiger partial charge < -0.3 is 10.6 Å². The van der Waals surface area contributed by atoms with Gasteiger partial charge >= 0.3 is 0 Å². The molecule has 2 N–H and O–H groups in total. The van der Waals surface area contributed by atoms with E-state index < -0.39 is 0 Å². The van der Waals surface area contributed by atoms with Gasteiger partial charge in [-0.05, 0) is 23.3 Å². The van der Waals surface area contributed by atoms with Crippen LogP contribution in [0.5, 0.6) is 0 Å². The molecule has 0 saturated carbocycles. The maximum atomic E-state index is 5.68. The Morgan fingerprint density at radius 3 is 2.45 bits per heavy atom. The zero-order chi connectivity index (χ0) is 13.8. The fourth-order valence-corrected chi connectivity index (χ4v) is 1.91. The Labute approximate surface area is 117 Å². The first-order chi connectivity index (χ1) is 9.81. The molecule has 3 rings (SSSR count). The second-order valence-corrected chi connectivity index (χ2v) is 4.51. The summed E-state index contributed by atoms with van der Waals surface area (Å²) < 4.78 is 0. The molecular formula is C16H15N3O. The Kier molecular flexibility index (Phi) is 3.37. The molecule has 3 aromatic rings. The van der Waals surface area contributed by atoms with E-state index in [2.05, 4.69) is 5.10 Å². The quantitative estimate of drug-likeness (QED) is 0.738. The minimum Gasteiger partial charge on any atom is -0.399 e. The largest absolute Gasteiger partial charge is 0.399 e. The van der Waals surface area contributed by atoms with Crippen LogP contribution in [-0.2, 0) is 6.61 Å². The summed E-state index contributed by atoms with van der Waals surface area (Å²) in [6.45, 7) is 0.490. The first kappa shape index (κ1) is 12.3. The van der Waals surface area contributed by atoms with Gasteiger partial charge in [0.2, 0.25) is 0 Å². The molecular weight excluding hydrogens is 250 g/mol. The van der Waals surface area contributed by atoms with E-state index in [1.807, 2.05) is 60.8 Å². The third-order valence-electron chi connectivity index (χ3n) is 3.01. The van der Waals surface area contributed by atoms with Crippen molar-refractivity contribution in [2.45, 2.75) is 6.61 Å². The molecule has 0 saturated heterocycles. The second kappa shape index (κ2) is 5.48. The summed E-state index contributed by atoms with van der Waals surface area (Å²) in [5, 5.41) is 4.19. The highest BCUT2D eigenvalue weighted by molar-refractivity contribution is 5.63. The fourth-order valence-electron chi connectivity index (χ4n) is 1.91. The number of aromatic nitrogens is 2. The lowest BCUT2D eigenvalue weighted by Gasteiger charge is -2.04. The SMILES string of the molecule is Nc1ccc(-c2cnn(OCc3ccccc3)c2)cc1. The number of nitrogens with two attached hydrogens (primary N) is 1. The Hall–Kier alpha value is -2.75. The van der Waals surface area contributed by atoms with Crippen LogP contribution in [0.25, 0.3) is 11.1 Å². The highest BCUT2D eigenvalue weighted by Crippen LogP contribution is 2.19. The lowest BCUT2D eigenvalue weighted by atomic mass is 10.1. The molecule has 4 heteroatoms. The normalized spacial score (nSPS) is 10.4. The monoisotopic (exact) mass is 265 g/mol. The first-order valence-electron chi connectivity index (χ1n) is 6.39. The van der Waals surface area contributed by atoms with E-state index in [1.165, 1.54) is 4.85 Å². The Balaban J connectivity index is 1.69. The number of nitrogens with zero attached hydrogens (tertiary/aromatic N) is 2. The van der Waals surface area contributed by atoms with Crippen molar-refractivity contribution in [3.63, 3.8) is 0 Å². The van der Waals surface area contributed by atoms with Gasteiger partial charge in [0.25, 0.3) is 0 Å². The van der Waals surface area contributed by atoms with E-state index in [4.69, 9.17) is 10.6 Å². The fraction of sp³-hybridized carbons (Fsp3) is 0.0625. The third-order valence-corrected chi connectivity index (χ3v) is 3.01. The highest BCUT2D eigenvalue weighted by atomic mass is 16.7. The van der Waals surface area contributed by atoms with Gasteiger partial charge in [0.05, 0.1) is 12.4 Å². The zero-order valence-electron chi connectivity index (χ0n) is 10.9. The summed E-state index contributed by atoms with van der Waals surface area (Å²) in [7, 11) is 0. The van der Waals surface area contributed by atoms with Gasteiger partial charge in [0, 0.05) is 11.3 Å². The van der Waals surface area contributed by atoms with Crippen LogP contribution in [0, 0.1) is 0 Å². The van der Waals surface area contributed by atoms with E-state index in [0.29, 0.717) is 6.61 Å². The molecule has 20 heavy (non-hydrogen) atoms. The molecule has 0 radical (unpaired) electrons. The smallest absolute Gasteiger partial charge is 0.142 e. The predicted molar refractivity (Wildman–Crippen MR) is 78.8 cm³/mol. The molecule has 0 bridgehead atoms. The highest BCUT2D eigenvalue weighted by Gasteiger charge is 2.02. The average Bonchev–Trinajstić information content (AvgIpc) is 2.96. The topological polar surface area (TPSA) is 53.1 Å². The van der Waals surface area contributed by atoms with Crippen molar-refractivity contribution >= 4 is 5.69 Å². The van der Waals surface area contributed by atoms with E-state index in [9.17, 15) is 0 Å². The molecule has 0 spiro atoms. The van der Waals surface area contributed by atoms with Gasteiger partial charge in [0.15, 0.2) is 0 Å². The molecule has 0 aliphatic carbocycles. The summed E-state index contributed by atoms with van der Waals surface area (Å²) in [6.07, 6.45) is 3.63. The third kappa shape index (κ3) is 2.80. The van der Waals surface area contributed by atoms with Gasteiger partial charge in [-0.1, -0.05) is 42.5 Å². The number of anilines is 1. The van der Waals surface area contributed by atoms with Crippen molar-refractivity contribution < 1.29 is 4.84 Å². The summed E-state index contributed by atoms with van der Waals surface area (Å²) in [4.78, 5) is 7.08. The van der Waals surface area contributed by atoms with Crippen LogP contribution in [0.4, 0.5) is 5.69 Å². The molecule has 2 aromatic carbocycles. The second-order valence-electron chi connectivity index (χ2n) is 4.51. The van der Waals surface area contributed by atoms with Crippen LogP contribution in [0.1, 0.15) is 5.56 Å². The van der Waals surface area contributed by atoms with Crippen molar-refractivity contribution in [2.24, 2.45) is 0 Å². The maximum absolute atomic E-state index is 5.68. The molecule has 0 atom stereocenters. The molecule has 0 fully saturated rings.